The summed E-state index contributed by atoms with van der Waals surface area (Å²) in [6, 6.07) is 0.875. The molecule has 1 aromatic heterocycles. The maximum Gasteiger partial charge on any atom is 0.433 e. The van der Waals surface area contributed by atoms with Crippen molar-refractivity contribution in [2.45, 2.75) is 32.5 Å². The van der Waals surface area contributed by atoms with E-state index in [4.69, 9.17) is 0 Å². The number of aliphatic hydroxyl groups is 1. The Balaban J connectivity index is 3.09. The van der Waals surface area contributed by atoms with Gasteiger partial charge in [-0.05, 0) is 13.3 Å². The molecular formula is C12H19F3N4O. The Morgan fingerprint density at radius 2 is 2.05 bits per heavy atom. The summed E-state index contributed by atoms with van der Waals surface area (Å²) in [4.78, 5) is 8.95. The number of halogens is 3. The van der Waals surface area contributed by atoms with Crippen molar-refractivity contribution in [1.29, 1.82) is 0 Å². The van der Waals surface area contributed by atoms with Crippen LogP contribution in [0.3, 0.4) is 0 Å². The quantitative estimate of drug-likeness (QED) is 0.841. The predicted molar refractivity (Wildman–Crippen MR) is 70.8 cm³/mol. The molecule has 0 radical (unpaired) electrons. The SMILES string of the molecule is CCCNc1nc(N(C)CC(C)O)cc(C(F)(F)F)n1. The number of aromatic nitrogens is 2. The highest BCUT2D eigenvalue weighted by molar-refractivity contribution is 5.45. The summed E-state index contributed by atoms with van der Waals surface area (Å²) in [6.45, 7) is 4.11. The van der Waals surface area contributed by atoms with Crippen molar-refractivity contribution in [1.82, 2.24) is 9.97 Å². The van der Waals surface area contributed by atoms with Crippen LogP contribution in [0.4, 0.5) is 24.9 Å². The van der Waals surface area contributed by atoms with Crippen LogP contribution in [0.1, 0.15) is 26.0 Å². The van der Waals surface area contributed by atoms with Crippen LogP contribution in [0, 0.1) is 0 Å². The van der Waals surface area contributed by atoms with Gasteiger partial charge in [-0.25, -0.2) is 4.98 Å². The van der Waals surface area contributed by atoms with Crippen LogP contribution < -0.4 is 10.2 Å². The zero-order chi connectivity index (χ0) is 15.3. The Labute approximate surface area is 115 Å². The predicted octanol–water partition coefficient (Wildman–Crippen LogP) is 2.13. The standard InChI is InChI=1S/C12H19F3N4O/c1-4-5-16-11-17-9(12(13,14)15)6-10(18-11)19(3)7-8(2)20/h6,8,20H,4-5,7H2,1-3H3,(H,16,17,18). The summed E-state index contributed by atoms with van der Waals surface area (Å²) in [6.07, 6.45) is -4.46. The van der Waals surface area contributed by atoms with Crippen molar-refractivity contribution >= 4 is 11.8 Å². The third kappa shape index (κ3) is 4.84. The molecule has 1 rings (SSSR count). The molecule has 114 valence electrons. The van der Waals surface area contributed by atoms with Crippen molar-refractivity contribution in [3.05, 3.63) is 11.8 Å². The molecule has 0 amide bonds. The normalized spacial score (nSPS) is 13.2. The molecule has 0 aliphatic carbocycles. The largest absolute Gasteiger partial charge is 0.433 e. The van der Waals surface area contributed by atoms with Crippen molar-refractivity contribution < 1.29 is 18.3 Å². The third-order valence-corrected chi connectivity index (χ3v) is 2.47. The average Bonchev–Trinajstić information content (AvgIpc) is 2.34. The Morgan fingerprint density at radius 1 is 1.40 bits per heavy atom. The van der Waals surface area contributed by atoms with Gasteiger partial charge in [0, 0.05) is 26.2 Å². The lowest BCUT2D eigenvalue weighted by Crippen LogP contribution is -2.28. The number of nitrogens with one attached hydrogen (secondary N) is 1. The number of hydrogen-bond acceptors (Lipinski definition) is 5. The highest BCUT2D eigenvalue weighted by Crippen LogP contribution is 2.30. The van der Waals surface area contributed by atoms with Crippen LogP contribution in [0.15, 0.2) is 6.07 Å². The van der Waals surface area contributed by atoms with Crippen LogP contribution in [0.2, 0.25) is 0 Å². The van der Waals surface area contributed by atoms with E-state index in [-0.39, 0.29) is 18.3 Å². The lowest BCUT2D eigenvalue weighted by atomic mass is 10.3. The molecule has 0 saturated carbocycles. The monoisotopic (exact) mass is 292 g/mol. The maximum absolute atomic E-state index is 12.8. The molecule has 0 aliphatic rings. The van der Waals surface area contributed by atoms with Crippen molar-refractivity contribution in [2.75, 3.05) is 30.4 Å². The number of rotatable bonds is 6. The highest BCUT2D eigenvalue weighted by atomic mass is 19.4. The third-order valence-electron chi connectivity index (χ3n) is 2.47. The van der Waals surface area contributed by atoms with Gasteiger partial charge in [0.15, 0.2) is 5.69 Å². The van der Waals surface area contributed by atoms with Crippen LogP contribution in [0.5, 0.6) is 0 Å². The molecule has 1 heterocycles. The van der Waals surface area contributed by atoms with Gasteiger partial charge in [0.2, 0.25) is 5.95 Å². The molecule has 0 aliphatic heterocycles. The first-order valence-corrected chi connectivity index (χ1v) is 6.33. The molecule has 5 nitrogen and oxygen atoms in total. The Hall–Kier alpha value is -1.57. The maximum atomic E-state index is 12.8. The van der Waals surface area contributed by atoms with E-state index in [9.17, 15) is 18.3 Å². The average molecular weight is 292 g/mol. The summed E-state index contributed by atoms with van der Waals surface area (Å²) in [5.41, 5.74) is -1.00. The molecule has 1 unspecified atom stereocenters. The summed E-state index contributed by atoms with van der Waals surface area (Å²) in [5, 5.41) is 12.0. The second-order valence-electron chi connectivity index (χ2n) is 4.59. The Kier molecular flexibility index (Phi) is 5.55. The lowest BCUT2D eigenvalue weighted by molar-refractivity contribution is -0.141. The molecule has 0 aromatic carbocycles. The number of anilines is 2. The van der Waals surface area contributed by atoms with E-state index in [1.165, 1.54) is 4.90 Å². The Bertz CT molecular complexity index is 437. The van der Waals surface area contributed by atoms with Gasteiger partial charge in [-0.15, -0.1) is 0 Å². The molecule has 1 atom stereocenters. The Morgan fingerprint density at radius 3 is 2.55 bits per heavy atom. The van der Waals surface area contributed by atoms with Crippen LogP contribution in [-0.2, 0) is 6.18 Å². The molecule has 0 spiro atoms. The highest BCUT2D eigenvalue weighted by Gasteiger charge is 2.34. The number of hydrogen-bond donors (Lipinski definition) is 2. The topological polar surface area (TPSA) is 61.3 Å². The molecule has 2 N–H and O–H groups in total. The first-order valence-electron chi connectivity index (χ1n) is 6.33. The second-order valence-corrected chi connectivity index (χ2v) is 4.59. The van der Waals surface area contributed by atoms with Crippen LogP contribution in [-0.4, -0.2) is 41.3 Å². The van der Waals surface area contributed by atoms with Crippen molar-refractivity contribution in [3.63, 3.8) is 0 Å². The molecule has 1 aromatic rings. The fraction of sp³-hybridized carbons (Fsp3) is 0.667. The van der Waals surface area contributed by atoms with Gasteiger partial charge in [-0.1, -0.05) is 6.92 Å². The summed E-state index contributed by atoms with van der Waals surface area (Å²) in [5.74, 6) is 0.0564. The number of likely N-dealkylation sites (N-methyl/N-ethyl adjacent to an activating group) is 1. The van der Waals surface area contributed by atoms with Crippen LogP contribution >= 0.6 is 0 Å². The first kappa shape index (κ1) is 16.5. The van der Waals surface area contributed by atoms with Gasteiger partial charge >= 0.3 is 6.18 Å². The fourth-order valence-electron chi connectivity index (χ4n) is 1.58. The smallest absolute Gasteiger partial charge is 0.392 e. The van der Waals surface area contributed by atoms with Gasteiger partial charge < -0.3 is 15.3 Å². The van der Waals surface area contributed by atoms with Crippen molar-refractivity contribution in [3.8, 4) is 0 Å². The molecule has 8 heteroatoms. The fourth-order valence-corrected chi connectivity index (χ4v) is 1.58. The lowest BCUT2D eigenvalue weighted by Gasteiger charge is -2.21. The molecular weight excluding hydrogens is 273 g/mol. The zero-order valence-corrected chi connectivity index (χ0v) is 11.7. The molecule has 20 heavy (non-hydrogen) atoms. The van der Waals surface area contributed by atoms with Gasteiger partial charge in [-0.2, -0.15) is 18.2 Å². The minimum absolute atomic E-state index is 0.0610. The van der Waals surface area contributed by atoms with Crippen LogP contribution in [0.25, 0.3) is 0 Å². The molecule has 0 bridgehead atoms. The van der Waals surface area contributed by atoms with Crippen molar-refractivity contribution in [2.24, 2.45) is 0 Å². The number of alkyl halides is 3. The van der Waals surface area contributed by atoms with Gasteiger partial charge in [0.05, 0.1) is 6.10 Å². The first-order chi connectivity index (χ1) is 9.24. The van der Waals surface area contributed by atoms with Gasteiger partial charge in [-0.3, -0.25) is 0 Å². The van der Waals surface area contributed by atoms with E-state index in [2.05, 4.69) is 15.3 Å². The van der Waals surface area contributed by atoms with E-state index in [0.29, 0.717) is 6.54 Å². The minimum atomic E-state index is -4.54. The summed E-state index contributed by atoms with van der Waals surface area (Å²) < 4.78 is 38.4. The van der Waals surface area contributed by atoms with E-state index in [0.717, 1.165) is 12.5 Å². The molecule has 0 saturated heterocycles. The number of aliphatic hydroxyl groups excluding tert-OH is 1. The number of nitrogens with zero attached hydrogens (tertiary/aromatic N) is 3. The van der Waals surface area contributed by atoms with E-state index >= 15 is 0 Å². The summed E-state index contributed by atoms with van der Waals surface area (Å²) in [7, 11) is 1.57. The van der Waals surface area contributed by atoms with Gasteiger partial charge in [0.1, 0.15) is 5.82 Å². The van der Waals surface area contributed by atoms with E-state index in [1.807, 2.05) is 6.92 Å². The van der Waals surface area contributed by atoms with E-state index in [1.54, 1.807) is 14.0 Å². The second kappa shape index (κ2) is 6.74. The minimum Gasteiger partial charge on any atom is -0.392 e. The summed E-state index contributed by atoms with van der Waals surface area (Å²) >= 11 is 0. The van der Waals surface area contributed by atoms with E-state index < -0.39 is 18.0 Å². The van der Waals surface area contributed by atoms with Gasteiger partial charge in [0.25, 0.3) is 0 Å². The zero-order valence-electron chi connectivity index (χ0n) is 11.7. The molecule has 0 fully saturated rings.